The first-order chi connectivity index (χ1) is 11.2. The van der Waals surface area contributed by atoms with Crippen LogP contribution in [0.4, 0.5) is 4.39 Å². The Morgan fingerprint density at radius 3 is 2.57 bits per heavy atom. The summed E-state index contributed by atoms with van der Waals surface area (Å²) in [6.07, 6.45) is 3.43. The van der Waals surface area contributed by atoms with Crippen molar-refractivity contribution in [2.75, 3.05) is 0 Å². The molecule has 0 fully saturated rings. The number of benzene rings is 2. The molecule has 0 unspecified atom stereocenters. The van der Waals surface area contributed by atoms with E-state index in [1.165, 1.54) is 6.07 Å². The molecule has 114 valence electrons. The maximum Gasteiger partial charge on any atom is 0.150 e. The molecule has 3 rings (SSSR count). The van der Waals surface area contributed by atoms with Crippen LogP contribution in [0.2, 0.25) is 0 Å². The van der Waals surface area contributed by atoms with Gasteiger partial charge in [-0.3, -0.25) is 9.78 Å². The highest BCUT2D eigenvalue weighted by atomic mass is 19.1. The minimum atomic E-state index is -0.425. The number of aldehydes is 1. The smallest absolute Gasteiger partial charge is 0.150 e. The molecule has 0 bridgehead atoms. The molecule has 0 amide bonds. The van der Waals surface area contributed by atoms with E-state index in [-0.39, 0.29) is 0 Å². The van der Waals surface area contributed by atoms with Crippen LogP contribution in [-0.4, -0.2) is 11.3 Å². The lowest BCUT2D eigenvalue weighted by Gasteiger charge is -2.10. The Kier molecular flexibility index (Phi) is 4.43. The van der Waals surface area contributed by atoms with Crippen molar-refractivity contribution in [3.63, 3.8) is 0 Å². The lowest BCUT2D eigenvalue weighted by molar-refractivity contribution is 0.112. The van der Waals surface area contributed by atoms with Crippen LogP contribution in [0.5, 0.6) is 5.75 Å². The standard InChI is InChI=1S/C19H14FNO2/c20-18-8-17(10-21-11-18)16-6-15(12-22)7-19(9-16)23-13-14-4-2-1-3-5-14/h1-12H,13H2. The summed E-state index contributed by atoms with van der Waals surface area (Å²) >= 11 is 0. The van der Waals surface area contributed by atoms with Gasteiger partial charge in [-0.15, -0.1) is 0 Å². The molecule has 0 aliphatic carbocycles. The van der Waals surface area contributed by atoms with Crippen LogP contribution in [0.3, 0.4) is 0 Å². The fourth-order valence-electron chi connectivity index (χ4n) is 2.25. The number of carbonyl (C=O) groups is 1. The summed E-state index contributed by atoms with van der Waals surface area (Å²) in [6, 6.07) is 16.2. The number of hydrogen-bond acceptors (Lipinski definition) is 3. The van der Waals surface area contributed by atoms with E-state index in [9.17, 15) is 9.18 Å². The summed E-state index contributed by atoms with van der Waals surface area (Å²) in [6.45, 7) is 0.393. The van der Waals surface area contributed by atoms with Gasteiger partial charge in [-0.2, -0.15) is 0 Å². The van der Waals surface area contributed by atoms with Crippen LogP contribution in [-0.2, 0) is 6.61 Å². The van der Waals surface area contributed by atoms with E-state index in [1.807, 2.05) is 30.3 Å². The van der Waals surface area contributed by atoms with Gasteiger partial charge in [0.15, 0.2) is 0 Å². The summed E-state index contributed by atoms with van der Waals surface area (Å²) in [7, 11) is 0. The fraction of sp³-hybridized carbons (Fsp3) is 0.0526. The van der Waals surface area contributed by atoms with Gasteiger partial charge in [0.1, 0.15) is 24.5 Å². The third kappa shape index (κ3) is 3.80. The zero-order chi connectivity index (χ0) is 16.1. The fourth-order valence-corrected chi connectivity index (χ4v) is 2.25. The van der Waals surface area contributed by atoms with Crippen LogP contribution in [0.15, 0.2) is 67.0 Å². The highest BCUT2D eigenvalue weighted by molar-refractivity contribution is 5.80. The number of halogens is 1. The number of pyridine rings is 1. The van der Waals surface area contributed by atoms with Crippen molar-refractivity contribution in [3.8, 4) is 16.9 Å². The van der Waals surface area contributed by atoms with Crippen LogP contribution >= 0.6 is 0 Å². The van der Waals surface area contributed by atoms with Crippen molar-refractivity contribution < 1.29 is 13.9 Å². The number of hydrogen-bond donors (Lipinski definition) is 0. The molecule has 0 aliphatic rings. The summed E-state index contributed by atoms with van der Waals surface area (Å²) < 4.78 is 19.1. The zero-order valence-corrected chi connectivity index (χ0v) is 12.3. The predicted molar refractivity (Wildman–Crippen MR) is 85.8 cm³/mol. The van der Waals surface area contributed by atoms with Gasteiger partial charge in [-0.25, -0.2) is 4.39 Å². The zero-order valence-electron chi connectivity index (χ0n) is 12.3. The van der Waals surface area contributed by atoms with Gasteiger partial charge < -0.3 is 4.74 Å². The monoisotopic (exact) mass is 307 g/mol. The van der Waals surface area contributed by atoms with Crippen molar-refractivity contribution in [1.29, 1.82) is 0 Å². The van der Waals surface area contributed by atoms with Gasteiger partial charge in [-0.1, -0.05) is 30.3 Å². The lowest BCUT2D eigenvalue weighted by atomic mass is 10.0. The number of ether oxygens (including phenoxy) is 1. The van der Waals surface area contributed by atoms with Crippen molar-refractivity contribution in [3.05, 3.63) is 83.9 Å². The molecule has 1 heterocycles. The SMILES string of the molecule is O=Cc1cc(OCc2ccccc2)cc(-c2cncc(F)c2)c1. The van der Waals surface area contributed by atoms with E-state index in [4.69, 9.17) is 4.74 Å². The Morgan fingerprint density at radius 2 is 1.83 bits per heavy atom. The third-order valence-corrected chi connectivity index (χ3v) is 3.35. The van der Waals surface area contributed by atoms with E-state index in [0.717, 1.165) is 18.0 Å². The molecule has 1 aromatic heterocycles. The molecule has 0 spiro atoms. The molecule has 3 nitrogen and oxygen atoms in total. The van der Waals surface area contributed by atoms with Crippen LogP contribution < -0.4 is 4.74 Å². The first-order valence-corrected chi connectivity index (χ1v) is 7.12. The third-order valence-electron chi connectivity index (χ3n) is 3.35. The average molecular weight is 307 g/mol. The Balaban J connectivity index is 1.88. The quantitative estimate of drug-likeness (QED) is 0.660. The largest absolute Gasteiger partial charge is 0.489 e. The maximum atomic E-state index is 13.3. The molecule has 0 saturated heterocycles. The van der Waals surface area contributed by atoms with Crippen LogP contribution in [0.1, 0.15) is 15.9 Å². The molecule has 0 saturated carbocycles. The molecular weight excluding hydrogens is 293 g/mol. The summed E-state index contributed by atoms with van der Waals surface area (Å²) in [5, 5.41) is 0. The van der Waals surface area contributed by atoms with Gasteiger partial charge >= 0.3 is 0 Å². The molecular formula is C19H14FNO2. The first-order valence-electron chi connectivity index (χ1n) is 7.12. The van der Waals surface area contributed by atoms with E-state index >= 15 is 0 Å². The van der Waals surface area contributed by atoms with E-state index < -0.39 is 5.82 Å². The number of aromatic nitrogens is 1. The number of nitrogens with zero attached hydrogens (tertiary/aromatic N) is 1. The van der Waals surface area contributed by atoms with Gasteiger partial charge in [0.25, 0.3) is 0 Å². The molecule has 4 heteroatoms. The highest BCUT2D eigenvalue weighted by Gasteiger charge is 2.06. The first kappa shape index (κ1) is 14.9. The van der Waals surface area contributed by atoms with Crippen molar-refractivity contribution in [1.82, 2.24) is 4.98 Å². The van der Waals surface area contributed by atoms with Crippen LogP contribution in [0, 0.1) is 5.82 Å². The summed E-state index contributed by atoms with van der Waals surface area (Å²) in [5.41, 5.74) is 2.77. The van der Waals surface area contributed by atoms with Gasteiger partial charge in [-0.05, 0) is 35.4 Å². The molecule has 0 radical (unpaired) electrons. The number of carbonyl (C=O) groups excluding carboxylic acids is 1. The second kappa shape index (κ2) is 6.83. The van der Waals surface area contributed by atoms with Crippen LogP contribution in [0.25, 0.3) is 11.1 Å². The highest BCUT2D eigenvalue weighted by Crippen LogP contribution is 2.26. The van der Waals surface area contributed by atoms with E-state index in [2.05, 4.69) is 4.98 Å². The molecule has 0 N–H and O–H groups in total. The van der Waals surface area contributed by atoms with E-state index in [1.54, 1.807) is 24.4 Å². The van der Waals surface area contributed by atoms with Crippen molar-refractivity contribution in [2.45, 2.75) is 6.61 Å². The van der Waals surface area contributed by atoms with Gasteiger partial charge in [0, 0.05) is 17.3 Å². The normalized spacial score (nSPS) is 10.3. The second-order valence-electron chi connectivity index (χ2n) is 5.07. The minimum Gasteiger partial charge on any atom is -0.489 e. The summed E-state index contributed by atoms with van der Waals surface area (Å²) in [5.74, 6) is 0.128. The van der Waals surface area contributed by atoms with Crippen molar-refractivity contribution in [2.24, 2.45) is 0 Å². The van der Waals surface area contributed by atoms with Gasteiger partial charge in [0.2, 0.25) is 0 Å². The Bertz CT molecular complexity index is 819. The molecule has 23 heavy (non-hydrogen) atoms. The maximum absolute atomic E-state index is 13.3. The van der Waals surface area contributed by atoms with Crippen molar-refractivity contribution >= 4 is 6.29 Å². The molecule has 2 aromatic carbocycles. The predicted octanol–water partition coefficient (Wildman–Crippen LogP) is 4.28. The topological polar surface area (TPSA) is 39.2 Å². The molecule has 0 atom stereocenters. The average Bonchev–Trinajstić information content (AvgIpc) is 2.60. The Morgan fingerprint density at radius 1 is 1.00 bits per heavy atom. The Hall–Kier alpha value is -3.01. The van der Waals surface area contributed by atoms with Gasteiger partial charge in [0.05, 0.1) is 6.20 Å². The molecule has 3 aromatic rings. The summed E-state index contributed by atoms with van der Waals surface area (Å²) in [4.78, 5) is 15.0. The lowest BCUT2D eigenvalue weighted by Crippen LogP contribution is -1.96. The minimum absolute atomic E-state index is 0.393. The van der Waals surface area contributed by atoms with E-state index in [0.29, 0.717) is 29.0 Å². The Labute approximate surface area is 133 Å². The molecule has 0 aliphatic heterocycles. The number of rotatable bonds is 5. The second-order valence-corrected chi connectivity index (χ2v) is 5.07.